The van der Waals surface area contributed by atoms with Gasteiger partial charge in [0.2, 0.25) is 0 Å². The highest BCUT2D eigenvalue weighted by Crippen LogP contribution is 2.33. The Bertz CT molecular complexity index is 369. The largest absolute Gasteiger partial charge is 0.416 e. The van der Waals surface area contributed by atoms with Crippen LogP contribution in [-0.4, -0.2) is 6.54 Å². The van der Waals surface area contributed by atoms with E-state index in [1.165, 1.54) is 6.07 Å². The number of benzene rings is 1. The van der Waals surface area contributed by atoms with Crippen LogP contribution in [0.4, 0.5) is 13.2 Å². The highest BCUT2D eigenvalue weighted by molar-refractivity contribution is 6.31. The van der Waals surface area contributed by atoms with Crippen LogP contribution >= 0.6 is 24.0 Å². The van der Waals surface area contributed by atoms with Gasteiger partial charge in [0.05, 0.1) is 5.56 Å². The molecular formula is C10H13Cl2F3N2. The lowest BCUT2D eigenvalue weighted by Crippen LogP contribution is -2.17. The maximum atomic E-state index is 12.4. The standard InChI is InChI=1S/C10H12ClF3N2.ClH/c11-8-2-1-6(10(12,13)14)5-7(8)9(16)3-4-15;/h1-2,5,9H,3-4,15-16H2;1H/t9-;/m0./s1. The molecule has 0 heterocycles. The van der Waals surface area contributed by atoms with E-state index >= 15 is 0 Å². The molecule has 0 amide bonds. The summed E-state index contributed by atoms with van der Waals surface area (Å²) in [6.07, 6.45) is -4.00. The molecule has 0 aliphatic rings. The number of rotatable bonds is 3. The summed E-state index contributed by atoms with van der Waals surface area (Å²) >= 11 is 5.79. The Morgan fingerprint density at radius 3 is 2.35 bits per heavy atom. The summed E-state index contributed by atoms with van der Waals surface area (Å²) in [5, 5.41) is 0.231. The lowest BCUT2D eigenvalue weighted by molar-refractivity contribution is -0.137. The maximum absolute atomic E-state index is 12.4. The average Bonchev–Trinajstić information content (AvgIpc) is 2.16. The minimum absolute atomic E-state index is 0. The normalized spacial score (nSPS) is 13.1. The molecule has 1 aromatic rings. The fourth-order valence-corrected chi connectivity index (χ4v) is 1.60. The molecule has 0 spiro atoms. The first-order valence-electron chi connectivity index (χ1n) is 4.68. The predicted molar refractivity (Wildman–Crippen MR) is 64.3 cm³/mol. The van der Waals surface area contributed by atoms with E-state index in [-0.39, 0.29) is 23.0 Å². The minimum atomic E-state index is -4.39. The smallest absolute Gasteiger partial charge is 0.330 e. The SMILES string of the molecule is Cl.NCC[C@H](N)c1cc(C(F)(F)F)ccc1Cl. The molecule has 0 aliphatic heterocycles. The Morgan fingerprint density at radius 1 is 1.29 bits per heavy atom. The molecule has 98 valence electrons. The third kappa shape index (κ3) is 4.35. The van der Waals surface area contributed by atoms with Crippen molar-refractivity contribution in [2.24, 2.45) is 11.5 Å². The summed E-state index contributed by atoms with van der Waals surface area (Å²) in [5.74, 6) is 0. The topological polar surface area (TPSA) is 52.0 Å². The van der Waals surface area contributed by atoms with Crippen LogP contribution in [0.2, 0.25) is 5.02 Å². The summed E-state index contributed by atoms with van der Waals surface area (Å²) in [6, 6.07) is 2.54. The van der Waals surface area contributed by atoms with Crippen LogP contribution in [0.15, 0.2) is 18.2 Å². The maximum Gasteiger partial charge on any atom is 0.416 e. The molecular weight excluding hydrogens is 276 g/mol. The van der Waals surface area contributed by atoms with Gasteiger partial charge in [-0.2, -0.15) is 13.2 Å². The van der Waals surface area contributed by atoms with Gasteiger partial charge in [0.1, 0.15) is 0 Å². The van der Waals surface area contributed by atoms with Crippen LogP contribution in [0.3, 0.4) is 0 Å². The number of nitrogens with two attached hydrogens (primary N) is 2. The quantitative estimate of drug-likeness (QED) is 0.898. The van der Waals surface area contributed by atoms with Crippen molar-refractivity contribution >= 4 is 24.0 Å². The van der Waals surface area contributed by atoms with Gasteiger partial charge in [-0.1, -0.05) is 11.6 Å². The van der Waals surface area contributed by atoms with E-state index < -0.39 is 17.8 Å². The molecule has 0 saturated carbocycles. The lowest BCUT2D eigenvalue weighted by atomic mass is 10.0. The molecule has 1 atom stereocenters. The van der Waals surface area contributed by atoms with Crippen molar-refractivity contribution in [2.45, 2.75) is 18.6 Å². The summed E-state index contributed by atoms with van der Waals surface area (Å²) in [6.45, 7) is 0.299. The van der Waals surface area contributed by atoms with Gasteiger partial charge in [-0.3, -0.25) is 0 Å². The van der Waals surface area contributed by atoms with Crippen molar-refractivity contribution in [2.75, 3.05) is 6.54 Å². The van der Waals surface area contributed by atoms with Crippen LogP contribution in [0.25, 0.3) is 0 Å². The van der Waals surface area contributed by atoms with Crippen LogP contribution < -0.4 is 11.5 Å². The van der Waals surface area contributed by atoms with Gasteiger partial charge in [-0.05, 0) is 36.7 Å². The fraction of sp³-hybridized carbons (Fsp3) is 0.400. The van der Waals surface area contributed by atoms with E-state index in [2.05, 4.69) is 0 Å². The van der Waals surface area contributed by atoms with Gasteiger partial charge < -0.3 is 11.5 Å². The van der Waals surface area contributed by atoms with Crippen LogP contribution in [-0.2, 0) is 6.18 Å². The molecule has 4 N–H and O–H groups in total. The van der Waals surface area contributed by atoms with E-state index in [9.17, 15) is 13.2 Å². The molecule has 0 aromatic heterocycles. The lowest BCUT2D eigenvalue weighted by Gasteiger charge is -2.15. The number of hydrogen-bond donors (Lipinski definition) is 2. The Balaban J connectivity index is 0.00000256. The summed E-state index contributed by atoms with van der Waals surface area (Å²) < 4.78 is 37.3. The molecule has 1 rings (SSSR count). The molecule has 2 nitrogen and oxygen atoms in total. The summed E-state index contributed by atoms with van der Waals surface area (Å²) in [4.78, 5) is 0. The second-order valence-electron chi connectivity index (χ2n) is 3.42. The molecule has 0 radical (unpaired) electrons. The minimum Gasteiger partial charge on any atom is -0.330 e. The third-order valence-corrected chi connectivity index (χ3v) is 2.54. The van der Waals surface area contributed by atoms with Crippen LogP contribution in [0, 0.1) is 0 Å². The Morgan fingerprint density at radius 2 is 1.88 bits per heavy atom. The monoisotopic (exact) mass is 288 g/mol. The first-order chi connectivity index (χ1) is 7.36. The number of halogens is 5. The highest BCUT2D eigenvalue weighted by Gasteiger charge is 2.31. The van der Waals surface area contributed by atoms with Gasteiger partial charge >= 0.3 is 6.18 Å². The Kier molecular flexibility index (Phi) is 6.26. The van der Waals surface area contributed by atoms with Gasteiger partial charge in [-0.25, -0.2) is 0 Å². The highest BCUT2D eigenvalue weighted by atomic mass is 35.5. The van der Waals surface area contributed by atoms with Gasteiger partial charge in [0, 0.05) is 11.1 Å². The molecule has 0 aliphatic carbocycles. The summed E-state index contributed by atoms with van der Waals surface area (Å²) in [7, 11) is 0. The number of hydrogen-bond acceptors (Lipinski definition) is 2. The fourth-order valence-electron chi connectivity index (χ4n) is 1.34. The first-order valence-corrected chi connectivity index (χ1v) is 5.06. The average molecular weight is 289 g/mol. The second kappa shape index (κ2) is 6.44. The molecule has 0 unspecified atom stereocenters. The Labute approximate surface area is 109 Å². The van der Waals surface area contributed by atoms with Crippen molar-refractivity contribution in [1.29, 1.82) is 0 Å². The molecule has 7 heteroatoms. The third-order valence-electron chi connectivity index (χ3n) is 2.20. The van der Waals surface area contributed by atoms with Gasteiger partial charge in [-0.15, -0.1) is 12.4 Å². The van der Waals surface area contributed by atoms with E-state index in [1.807, 2.05) is 0 Å². The second-order valence-corrected chi connectivity index (χ2v) is 3.83. The molecule has 0 fully saturated rings. The first kappa shape index (κ1) is 16.5. The van der Waals surface area contributed by atoms with Crippen molar-refractivity contribution in [3.05, 3.63) is 34.3 Å². The zero-order chi connectivity index (χ0) is 12.3. The van der Waals surface area contributed by atoms with Crippen molar-refractivity contribution in [1.82, 2.24) is 0 Å². The Hall–Kier alpha value is -0.490. The van der Waals surface area contributed by atoms with Crippen molar-refractivity contribution < 1.29 is 13.2 Å². The van der Waals surface area contributed by atoms with Crippen LogP contribution in [0.1, 0.15) is 23.6 Å². The van der Waals surface area contributed by atoms with E-state index in [4.69, 9.17) is 23.1 Å². The van der Waals surface area contributed by atoms with Gasteiger partial charge in [0.25, 0.3) is 0 Å². The van der Waals surface area contributed by atoms with E-state index in [1.54, 1.807) is 0 Å². The number of alkyl halides is 3. The zero-order valence-electron chi connectivity index (χ0n) is 8.80. The van der Waals surface area contributed by atoms with Gasteiger partial charge in [0.15, 0.2) is 0 Å². The predicted octanol–water partition coefficient (Wildman–Crippen LogP) is 3.13. The van der Waals surface area contributed by atoms with Crippen molar-refractivity contribution in [3.8, 4) is 0 Å². The molecule has 0 bridgehead atoms. The van der Waals surface area contributed by atoms with E-state index in [0.29, 0.717) is 13.0 Å². The molecule has 17 heavy (non-hydrogen) atoms. The molecule has 0 saturated heterocycles. The zero-order valence-corrected chi connectivity index (χ0v) is 10.4. The van der Waals surface area contributed by atoms with Crippen molar-refractivity contribution in [3.63, 3.8) is 0 Å². The summed E-state index contributed by atoms with van der Waals surface area (Å²) in [5.41, 5.74) is 10.5. The molecule has 1 aromatic carbocycles. The van der Waals surface area contributed by atoms with Crippen LogP contribution in [0.5, 0.6) is 0 Å². The van der Waals surface area contributed by atoms with E-state index in [0.717, 1.165) is 12.1 Å².